The van der Waals surface area contributed by atoms with Crippen molar-refractivity contribution in [1.29, 1.82) is 0 Å². The Labute approximate surface area is 167 Å². The van der Waals surface area contributed by atoms with Crippen LogP contribution in [-0.4, -0.2) is 41.9 Å². The Morgan fingerprint density at radius 3 is 2.63 bits per heavy atom. The topological polar surface area (TPSA) is 92.3 Å². The van der Waals surface area contributed by atoms with Crippen molar-refractivity contribution in [2.24, 2.45) is 5.92 Å². The first-order valence-electron chi connectivity index (χ1n) is 8.67. The van der Waals surface area contributed by atoms with E-state index in [9.17, 15) is 13.2 Å². The molecule has 1 aliphatic heterocycles. The number of hydrogen-bond acceptors (Lipinski definition) is 6. The van der Waals surface area contributed by atoms with Crippen molar-refractivity contribution in [2.45, 2.75) is 37.5 Å². The minimum atomic E-state index is -3.66. The average Bonchev–Trinajstić information content (AvgIpc) is 3.11. The van der Waals surface area contributed by atoms with Crippen LogP contribution in [0, 0.1) is 5.92 Å². The maximum absolute atomic E-state index is 12.8. The van der Waals surface area contributed by atoms with E-state index in [1.54, 1.807) is 12.1 Å². The number of nitrogens with one attached hydrogen (secondary N) is 1. The second kappa shape index (κ2) is 8.22. The van der Waals surface area contributed by atoms with Crippen LogP contribution in [0.25, 0.3) is 0 Å². The van der Waals surface area contributed by atoms with Gasteiger partial charge in [-0.3, -0.25) is 4.79 Å². The van der Waals surface area contributed by atoms with E-state index in [4.69, 9.17) is 11.6 Å². The SMILES string of the molecule is CC(C)c1nnc(NC(=O)[C@@H]2CCCN(S(=O)(=O)c3ccc(Cl)cc3)C2)s1. The second-order valence-corrected chi connectivity index (χ2v) is 10.1. The molecule has 146 valence electrons. The number of halogens is 1. The van der Waals surface area contributed by atoms with E-state index in [0.29, 0.717) is 29.5 Å². The highest BCUT2D eigenvalue weighted by molar-refractivity contribution is 7.89. The average molecular weight is 429 g/mol. The summed E-state index contributed by atoms with van der Waals surface area (Å²) in [6.45, 7) is 4.55. The molecule has 7 nitrogen and oxygen atoms in total. The number of piperidine rings is 1. The molecule has 0 spiro atoms. The number of sulfonamides is 1. The number of rotatable bonds is 5. The molecule has 1 amide bonds. The summed E-state index contributed by atoms with van der Waals surface area (Å²) in [5.41, 5.74) is 0. The molecule has 1 fully saturated rings. The Hall–Kier alpha value is -1.55. The number of hydrogen-bond donors (Lipinski definition) is 1. The standard InChI is InChI=1S/C17H21ClN4O3S2/c1-11(2)16-20-21-17(26-16)19-15(23)12-4-3-9-22(10-12)27(24,25)14-7-5-13(18)6-8-14/h5-8,11-12H,3-4,9-10H2,1-2H3,(H,19,21,23)/t12-/m1/s1. The zero-order chi connectivity index (χ0) is 19.6. The van der Waals surface area contributed by atoms with Crippen molar-refractivity contribution in [3.8, 4) is 0 Å². The molecule has 1 aromatic heterocycles. The monoisotopic (exact) mass is 428 g/mol. The lowest BCUT2D eigenvalue weighted by atomic mass is 9.99. The Morgan fingerprint density at radius 1 is 1.30 bits per heavy atom. The molecule has 2 heterocycles. The van der Waals surface area contributed by atoms with Gasteiger partial charge in [0.1, 0.15) is 5.01 Å². The van der Waals surface area contributed by atoms with Crippen molar-refractivity contribution in [2.75, 3.05) is 18.4 Å². The first-order valence-corrected chi connectivity index (χ1v) is 11.3. The predicted octanol–water partition coefficient (Wildman–Crippen LogP) is 3.35. The van der Waals surface area contributed by atoms with Crippen LogP contribution in [0.5, 0.6) is 0 Å². The molecule has 3 rings (SSSR count). The van der Waals surface area contributed by atoms with Crippen LogP contribution >= 0.6 is 22.9 Å². The maximum Gasteiger partial charge on any atom is 0.243 e. The van der Waals surface area contributed by atoms with Crippen LogP contribution in [0.1, 0.15) is 37.6 Å². The van der Waals surface area contributed by atoms with E-state index in [2.05, 4.69) is 15.5 Å². The van der Waals surface area contributed by atoms with Gasteiger partial charge >= 0.3 is 0 Å². The van der Waals surface area contributed by atoms with E-state index >= 15 is 0 Å². The summed E-state index contributed by atoms with van der Waals surface area (Å²) >= 11 is 7.18. The lowest BCUT2D eigenvalue weighted by molar-refractivity contribution is -0.120. The summed E-state index contributed by atoms with van der Waals surface area (Å²) < 4.78 is 27.0. The summed E-state index contributed by atoms with van der Waals surface area (Å²) in [5, 5.41) is 12.6. The molecular weight excluding hydrogens is 408 g/mol. The van der Waals surface area contributed by atoms with Crippen LogP contribution in [0.4, 0.5) is 5.13 Å². The molecule has 2 aromatic rings. The van der Waals surface area contributed by atoms with Gasteiger partial charge in [-0.2, -0.15) is 4.31 Å². The summed E-state index contributed by atoms with van der Waals surface area (Å²) in [7, 11) is -3.66. The highest BCUT2D eigenvalue weighted by atomic mass is 35.5. The highest BCUT2D eigenvalue weighted by Gasteiger charge is 2.33. The van der Waals surface area contributed by atoms with E-state index in [1.165, 1.54) is 27.8 Å². The van der Waals surface area contributed by atoms with Crippen LogP contribution in [0.3, 0.4) is 0 Å². The van der Waals surface area contributed by atoms with Crippen LogP contribution in [-0.2, 0) is 14.8 Å². The molecule has 10 heteroatoms. The van der Waals surface area contributed by atoms with Crippen molar-refractivity contribution >= 4 is 44.0 Å². The molecule has 0 saturated carbocycles. The fraction of sp³-hybridized carbons (Fsp3) is 0.471. The minimum Gasteiger partial charge on any atom is -0.300 e. The van der Waals surface area contributed by atoms with Gasteiger partial charge in [0.25, 0.3) is 0 Å². The number of aromatic nitrogens is 2. The van der Waals surface area contributed by atoms with Crippen LogP contribution < -0.4 is 5.32 Å². The number of carbonyl (C=O) groups excluding carboxylic acids is 1. The molecule has 0 radical (unpaired) electrons. The van der Waals surface area contributed by atoms with Crippen LogP contribution in [0.2, 0.25) is 5.02 Å². The lowest BCUT2D eigenvalue weighted by Crippen LogP contribution is -2.43. The fourth-order valence-corrected chi connectivity index (χ4v) is 5.25. The Morgan fingerprint density at radius 2 is 2.00 bits per heavy atom. The van der Waals surface area contributed by atoms with Gasteiger partial charge in [0.2, 0.25) is 21.1 Å². The van der Waals surface area contributed by atoms with Crippen molar-refractivity contribution < 1.29 is 13.2 Å². The van der Waals surface area contributed by atoms with Crippen LogP contribution in [0.15, 0.2) is 29.2 Å². The summed E-state index contributed by atoms with van der Waals surface area (Å²) in [4.78, 5) is 12.8. The fourth-order valence-electron chi connectivity index (χ4n) is 2.86. The third-order valence-electron chi connectivity index (χ3n) is 4.37. The minimum absolute atomic E-state index is 0.145. The normalized spacial score (nSPS) is 18.6. The smallest absolute Gasteiger partial charge is 0.243 e. The molecule has 0 bridgehead atoms. The molecule has 1 saturated heterocycles. The zero-order valence-electron chi connectivity index (χ0n) is 15.1. The molecule has 0 aliphatic carbocycles. The maximum atomic E-state index is 12.8. The Balaban J connectivity index is 1.69. The van der Waals surface area contributed by atoms with E-state index in [1.807, 2.05) is 13.8 Å². The van der Waals surface area contributed by atoms with Crippen molar-refractivity contribution in [3.05, 3.63) is 34.3 Å². The number of nitrogens with zero attached hydrogens (tertiary/aromatic N) is 3. The van der Waals surface area contributed by atoms with Gasteiger partial charge in [0.05, 0.1) is 10.8 Å². The Kier molecular flexibility index (Phi) is 6.15. The van der Waals surface area contributed by atoms with Gasteiger partial charge in [0.15, 0.2) is 0 Å². The van der Waals surface area contributed by atoms with Gasteiger partial charge < -0.3 is 5.32 Å². The molecule has 1 N–H and O–H groups in total. The van der Waals surface area contributed by atoms with E-state index in [0.717, 1.165) is 5.01 Å². The molecule has 1 aromatic carbocycles. The third kappa shape index (κ3) is 4.66. The highest BCUT2D eigenvalue weighted by Crippen LogP contribution is 2.27. The Bertz CT molecular complexity index is 913. The molecule has 1 atom stereocenters. The van der Waals surface area contributed by atoms with Gasteiger partial charge in [-0.1, -0.05) is 36.8 Å². The molecular formula is C17H21ClN4O3S2. The number of benzene rings is 1. The quantitative estimate of drug-likeness (QED) is 0.788. The van der Waals surface area contributed by atoms with Gasteiger partial charge in [-0.05, 0) is 37.1 Å². The largest absolute Gasteiger partial charge is 0.300 e. The number of anilines is 1. The van der Waals surface area contributed by atoms with Gasteiger partial charge in [-0.25, -0.2) is 8.42 Å². The zero-order valence-corrected chi connectivity index (χ0v) is 17.4. The molecule has 0 unspecified atom stereocenters. The van der Waals surface area contributed by atoms with Gasteiger partial charge in [0, 0.05) is 24.0 Å². The molecule has 27 heavy (non-hydrogen) atoms. The predicted molar refractivity (Wildman–Crippen MR) is 106 cm³/mol. The van der Waals surface area contributed by atoms with E-state index < -0.39 is 15.9 Å². The second-order valence-electron chi connectivity index (χ2n) is 6.75. The first kappa shape index (κ1) is 20.2. The van der Waals surface area contributed by atoms with Crippen molar-refractivity contribution in [1.82, 2.24) is 14.5 Å². The lowest BCUT2D eigenvalue weighted by Gasteiger charge is -2.31. The first-order chi connectivity index (χ1) is 12.8. The summed E-state index contributed by atoms with van der Waals surface area (Å²) in [6, 6.07) is 6.06. The third-order valence-corrected chi connectivity index (χ3v) is 7.64. The van der Waals surface area contributed by atoms with Crippen molar-refractivity contribution in [3.63, 3.8) is 0 Å². The molecule has 1 aliphatic rings. The summed E-state index contributed by atoms with van der Waals surface area (Å²) in [6.07, 6.45) is 1.26. The summed E-state index contributed by atoms with van der Waals surface area (Å²) in [5.74, 6) is -0.410. The number of carbonyl (C=O) groups is 1. The van der Waals surface area contributed by atoms with Gasteiger partial charge in [-0.15, -0.1) is 10.2 Å². The van der Waals surface area contributed by atoms with E-state index in [-0.39, 0.29) is 23.3 Å². The number of amides is 1.